The number of furan rings is 1. The van der Waals surface area contributed by atoms with Crippen LogP contribution in [0.2, 0.25) is 0 Å². The maximum Gasteiger partial charge on any atom is 0.117 e. The van der Waals surface area contributed by atoms with Crippen molar-refractivity contribution in [2.45, 2.75) is 26.4 Å². The predicted octanol–water partition coefficient (Wildman–Crippen LogP) is 1.06. The van der Waals surface area contributed by atoms with E-state index in [1.807, 2.05) is 26.0 Å². The first-order valence-corrected chi connectivity index (χ1v) is 4.12. The first-order valence-electron chi connectivity index (χ1n) is 4.12. The second kappa shape index (κ2) is 4.28. The van der Waals surface area contributed by atoms with Crippen LogP contribution in [0.25, 0.3) is 0 Å². The van der Waals surface area contributed by atoms with Gasteiger partial charge in [-0.2, -0.15) is 0 Å². The summed E-state index contributed by atoms with van der Waals surface area (Å²) < 4.78 is 5.33. The van der Waals surface area contributed by atoms with Crippen molar-refractivity contribution in [3.05, 3.63) is 23.7 Å². The highest BCUT2D eigenvalue weighted by Crippen LogP contribution is 2.05. The molecule has 0 bridgehead atoms. The molecule has 0 saturated heterocycles. The van der Waals surface area contributed by atoms with E-state index in [1.165, 1.54) is 0 Å². The third-order valence-electron chi connectivity index (χ3n) is 1.69. The summed E-state index contributed by atoms with van der Waals surface area (Å²) in [6.45, 7) is 4.67. The van der Waals surface area contributed by atoms with Crippen LogP contribution >= 0.6 is 0 Å². The third kappa shape index (κ3) is 2.68. The summed E-state index contributed by atoms with van der Waals surface area (Å²) in [5.74, 6) is 1.83. The van der Waals surface area contributed by atoms with E-state index in [0.717, 1.165) is 11.5 Å². The van der Waals surface area contributed by atoms with Crippen LogP contribution in [0, 0.1) is 6.92 Å². The largest absolute Gasteiger partial charge is 0.465 e. The van der Waals surface area contributed by atoms with Crippen LogP contribution in [0.4, 0.5) is 0 Å². The average Bonchev–Trinajstić information content (AvgIpc) is 2.47. The van der Waals surface area contributed by atoms with Gasteiger partial charge >= 0.3 is 0 Å². The highest BCUT2D eigenvalue weighted by atomic mass is 16.3. The normalized spacial score (nSPS) is 13.2. The van der Waals surface area contributed by atoms with E-state index in [0.29, 0.717) is 6.54 Å². The summed E-state index contributed by atoms with van der Waals surface area (Å²) >= 11 is 0. The van der Waals surface area contributed by atoms with Crippen molar-refractivity contribution in [1.82, 2.24) is 5.32 Å². The second-order valence-corrected chi connectivity index (χ2v) is 2.98. The molecule has 68 valence electrons. The zero-order valence-electron chi connectivity index (χ0n) is 7.50. The lowest BCUT2D eigenvalue weighted by Crippen LogP contribution is -2.28. The summed E-state index contributed by atoms with van der Waals surface area (Å²) in [7, 11) is 0. The van der Waals surface area contributed by atoms with Gasteiger partial charge in [-0.3, -0.25) is 0 Å². The van der Waals surface area contributed by atoms with Gasteiger partial charge in [-0.05, 0) is 26.0 Å². The summed E-state index contributed by atoms with van der Waals surface area (Å²) in [6, 6.07) is 3.99. The third-order valence-corrected chi connectivity index (χ3v) is 1.69. The number of aliphatic hydroxyl groups excluding tert-OH is 1. The molecule has 1 rings (SSSR count). The molecule has 12 heavy (non-hydrogen) atoms. The molecular formula is C9H15NO2. The fraction of sp³-hybridized carbons (Fsp3) is 0.556. The lowest BCUT2D eigenvalue weighted by molar-refractivity contribution is 0.248. The Bertz CT molecular complexity index is 232. The van der Waals surface area contributed by atoms with E-state index in [4.69, 9.17) is 9.52 Å². The van der Waals surface area contributed by atoms with Gasteiger partial charge in [0.05, 0.1) is 13.2 Å². The standard InChI is InChI=1S/C9H15NO2/c1-7(6-11)10-5-9-4-3-8(2)12-9/h3-4,7,10-11H,5-6H2,1-2H3/t7-/m1/s1. The Hall–Kier alpha value is -0.800. The minimum Gasteiger partial charge on any atom is -0.465 e. The Balaban J connectivity index is 2.33. The Kier molecular flexibility index (Phi) is 3.31. The molecule has 2 N–H and O–H groups in total. The second-order valence-electron chi connectivity index (χ2n) is 2.98. The van der Waals surface area contributed by atoms with Crippen molar-refractivity contribution in [2.75, 3.05) is 6.61 Å². The van der Waals surface area contributed by atoms with E-state index >= 15 is 0 Å². The van der Waals surface area contributed by atoms with Gasteiger partial charge in [-0.15, -0.1) is 0 Å². The van der Waals surface area contributed by atoms with Gasteiger partial charge in [-0.25, -0.2) is 0 Å². The Morgan fingerprint density at radius 3 is 2.83 bits per heavy atom. The topological polar surface area (TPSA) is 45.4 Å². The first kappa shape index (κ1) is 9.29. The van der Waals surface area contributed by atoms with E-state index in [-0.39, 0.29) is 12.6 Å². The van der Waals surface area contributed by atoms with Gasteiger partial charge in [0.1, 0.15) is 11.5 Å². The smallest absolute Gasteiger partial charge is 0.117 e. The van der Waals surface area contributed by atoms with Crippen LogP contribution in [0.15, 0.2) is 16.5 Å². The minimum atomic E-state index is 0.121. The molecule has 0 unspecified atom stereocenters. The monoisotopic (exact) mass is 169 g/mol. The molecule has 0 aromatic carbocycles. The molecule has 0 radical (unpaired) electrons. The first-order chi connectivity index (χ1) is 5.72. The summed E-state index contributed by atoms with van der Waals surface area (Å²) in [6.07, 6.45) is 0. The number of nitrogens with one attached hydrogen (secondary N) is 1. The van der Waals surface area contributed by atoms with Crippen LogP contribution < -0.4 is 5.32 Å². The van der Waals surface area contributed by atoms with Gasteiger partial charge < -0.3 is 14.8 Å². The summed E-state index contributed by atoms with van der Waals surface area (Å²) in [5, 5.41) is 11.8. The molecule has 0 fully saturated rings. The number of aryl methyl sites for hydroxylation is 1. The number of aliphatic hydroxyl groups is 1. The van der Waals surface area contributed by atoms with Crippen molar-refractivity contribution in [1.29, 1.82) is 0 Å². The van der Waals surface area contributed by atoms with E-state index < -0.39 is 0 Å². The molecule has 1 aromatic rings. The van der Waals surface area contributed by atoms with Crippen molar-refractivity contribution in [3.8, 4) is 0 Å². The van der Waals surface area contributed by atoms with Crippen molar-refractivity contribution >= 4 is 0 Å². The average molecular weight is 169 g/mol. The molecule has 3 heteroatoms. The Morgan fingerprint density at radius 1 is 1.58 bits per heavy atom. The molecule has 0 spiro atoms. The minimum absolute atomic E-state index is 0.121. The molecule has 0 saturated carbocycles. The fourth-order valence-corrected chi connectivity index (χ4v) is 0.920. The molecule has 3 nitrogen and oxygen atoms in total. The predicted molar refractivity (Wildman–Crippen MR) is 46.8 cm³/mol. The quantitative estimate of drug-likeness (QED) is 0.708. The van der Waals surface area contributed by atoms with Crippen molar-refractivity contribution in [3.63, 3.8) is 0 Å². The van der Waals surface area contributed by atoms with Crippen LogP contribution in [0.5, 0.6) is 0 Å². The summed E-state index contributed by atoms with van der Waals surface area (Å²) in [5.41, 5.74) is 0. The SMILES string of the molecule is Cc1ccc(CN[C@H](C)CO)o1. The lowest BCUT2D eigenvalue weighted by Gasteiger charge is -2.07. The number of hydrogen-bond acceptors (Lipinski definition) is 3. The van der Waals surface area contributed by atoms with Crippen molar-refractivity contribution in [2.24, 2.45) is 0 Å². The zero-order valence-corrected chi connectivity index (χ0v) is 7.50. The maximum absolute atomic E-state index is 8.72. The van der Waals surface area contributed by atoms with Gasteiger partial charge in [0.2, 0.25) is 0 Å². The van der Waals surface area contributed by atoms with Crippen molar-refractivity contribution < 1.29 is 9.52 Å². The van der Waals surface area contributed by atoms with Crippen LogP contribution in [0.1, 0.15) is 18.4 Å². The van der Waals surface area contributed by atoms with E-state index in [2.05, 4.69) is 5.32 Å². The van der Waals surface area contributed by atoms with Crippen LogP contribution in [-0.4, -0.2) is 17.8 Å². The molecule has 1 atom stereocenters. The molecular weight excluding hydrogens is 154 g/mol. The van der Waals surface area contributed by atoms with Gasteiger partial charge in [-0.1, -0.05) is 0 Å². The zero-order chi connectivity index (χ0) is 8.97. The van der Waals surface area contributed by atoms with Gasteiger partial charge in [0.15, 0.2) is 0 Å². The lowest BCUT2D eigenvalue weighted by atomic mass is 10.3. The summed E-state index contributed by atoms with van der Waals surface area (Å²) in [4.78, 5) is 0. The fourth-order valence-electron chi connectivity index (χ4n) is 0.920. The van der Waals surface area contributed by atoms with E-state index in [9.17, 15) is 0 Å². The molecule has 0 amide bonds. The van der Waals surface area contributed by atoms with Crippen LogP contribution in [0.3, 0.4) is 0 Å². The molecule has 0 aliphatic carbocycles. The van der Waals surface area contributed by atoms with E-state index in [1.54, 1.807) is 0 Å². The highest BCUT2D eigenvalue weighted by Gasteiger charge is 2.01. The Labute approximate surface area is 72.4 Å². The maximum atomic E-state index is 8.72. The molecule has 0 aliphatic rings. The number of hydrogen-bond donors (Lipinski definition) is 2. The highest BCUT2D eigenvalue weighted by molar-refractivity contribution is 5.05. The molecule has 0 aliphatic heterocycles. The van der Waals surface area contributed by atoms with Crippen LogP contribution in [-0.2, 0) is 6.54 Å². The van der Waals surface area contributed by atoms with Gasteiger partial charge in [0.25, 0.3) is 0 Å². The molecule has 1 heterocycles. The molecule has 1 aromatic heterocycles. The number of rotatable bonds is 4. The Morgan fingerprint density at radius 2 is 2.33 bits per heavy atom. The van der Waals surface area contributed by atoms with Gasteiger partial charge in [0, 0.05) is 6.04 Å².